The van der Waals surface area contributed by atoms with E-state index in [-0.39, 0.29) is 36.5 Å². The van der Waals surface area contributed by atoms with Gasteiger partial charge in [0, 0.05) is 37.8 Å². The molecule has 1 amide bonds. The molecule has 240 valence electrons. The summed E-state index contributed by atoms with van der Waals surface area (Å²) in [6, 6.07) is 15.4. The molecule has 4 aromatic rings. The summed E-state index contributed by atoms with van der Waals surface area (Å²) in [5.41, 5.74) is 1.79. The van der Waals surface area contributed by atoms with Crippen LogP contribution in [0.3, 0.4) is 0 Å². The fourth-order valence-corrected chi connectivity index (χ4v) is 6.41. The van der Waals surface area contributed by atoms with Crippen LogP contribution in [0.1, 0.15) is 58.8 Å². The van der Waals surface area contributed by atoms with E-state index in [2.05, 4.69) is 44.5 Å². The lowest BCUT2D eigenvalue weighted by molar-refractivity contribution is -0.138. The molecule has 2 aromatic carbocycles. The minimum atomic E-state index is -4.65. The van der Waals surface area contributed by atoms with Gasteiger partial charge < -0.3 is 9.88 Å². The first-order valence-electron chi connectivity index (χ1n) is 15.3. The Kier molecular flexibility index (Phi) is 8.67. The summed E-state index contributed by atoms with van der Waals surface area (Å²) in [5.74, 6) is 0.860. The van der Waals surface area contributed by atoms with Crippen molar-refractivity contribution in [2.24, 2.45) is 13.0 Å². The molecule has 1 fully saturated rings. The third kappa shape index (κ3) is 6.53. The molecule has 1 N–H and O–H groups in total. The molecule has 1 saturated heterocycles. The Morgan fingerprint density at radius 2 is 1.91 bits per heavy atom. The van der Waals surface area contributed by atoms with Gasteiger partial charge in [0.2, 0.25) is 0 Å². The molecule has 0 radical (unpaired) electrons. The van der Waals surface area contributed by atoms with E-state index in [9.17, 15) is 23.2 Å². The number of carbonyl (C=O) groups is 1. The quantitative estimate of drug-likeness (QED) is 0.228. The molecule has 4 heterocycles. The third-order valence-corrected chi connectivity index (χ3v) is 8.60. The predicted octanol–water partition coefficient (Wildman–Crippen LogP) is 6.15. The summed E-state index contributed by atoms with van der Waals surface area (Å²) in [6.07, 6.45) is -0.870. The van der Waals surface area contributed by atoms with E-state index >= 15 is 0 Å². The van der Waals surface area contributed by atoms with Gasteiger partial charge in [-0.2, -0.15) is 23.7 Å². The Labute approximate surface area is 270 Å². The van der Waals surface area contributed by atoms with Gasteiger partial charge in [0.05, 0.1) is 36.2 Å². The lowest BCUT2D eigenvalue weighted by Gasteiger charge is -2.31. The molecule has 10 nitrogen and oxygen atoms in total. The Hall–Kier alpha value is -5.27. The number of amides is 1. The molecular weight excluding hydrogens is 607 g/mol. The normalized spacial score (nSPS) is 16.5. The second kappa shape index (κ2) is 12.9. The number of aromatic nitrogens is 4. The molecule has 47 heavy (non-hydrogen) atoms. The Bertz CT molecular complexity index is 1920. The lowest BCUT2D eigenvalue weighted by atomic mass is 9.96. The topological polar surface area (TPSA) is 127 Å². The van der Waals surface area contributed by atoms with E-state index in [0.717, 1.165) is 25.9 Å². The van der Waals surface area contributed by atoms with Crippen molar-refractivity contribution in [2.75, 3.05) is 29.9 Å². The van der Waals surface area contributed by atoms with Crippen molar-refractivity contribution in [3.05, 3.63) is 76.6 Å². The van der Waals surface area contributed by atoms with Gasteiger partial charge in [-0.25, -0.2) is 4.98 Å². The molecular formula is C34H32F3N9O. The van der Waals surface area contributed by atoms with Crippen LogP contribution in [0.4, 0.5) is 24.8 Å². The highest BCUT2D eigenvalue weighted by Gasteiger charge is 2.41. The number of hydrogen-bond acceptors (Lipinski definition) is 8. The van der Waals surface area contributed by atoms with E-state index < -0.39 is 17.6 Å². The van der Waals surface area contributed by atoms with Crippen LogP contribution in [0, 0.1) is 28.6 Å². The number of carbonyl (C=O) groups excluding carboxylic acids is 1. The van der Waals surface area contributed by atoms with E-state index in [4.69, 9.17) is 5.26 Å². The molecule has 0 unspecified atom stereocenters. The van der Waals surface area contributed by atoms with Crippen molar-refractivity contribution < 1.29 is 18.0 Å². The highest BCUT2D eigenvalue weighted by molar-refractivity contribution is 6.10. The van der Waals surface area contributed by atoms with E-state index in [1.54, 1.807) is 48.0 Å². The average Bonchev–Trinajstić information content (AvgIpc) is 3.62. The van der Waals surface area contributed by atoms with E-state index in [1.165, 1.54) is 17.3 Å². The van der Waals surface area contributed by atoms with E-state index in [0.29, 0.717) is 51.9 Å². The van der Waals surface area contributed by atoms with Crippen molar-refractivity contribution in [3.63, 3.8) is 0 Å². The zero-order valence-electron chi connectivity index (χ0n) is 26.0. The summed E-state index contributed by atoms with van der Waals surface area (Å²) >= 11 is 0. The number of nitrogens with one attached hydrogen (secondary N) is 1. The summed E-state index contributed by atoms with van der Waals surface area (Å²) in [4.78, 5) is 22.0. The average molecular weight is 640 g/mol. The number of pyridine rings is 1. The third-order valence-electron chi connectivity index (χ3n) is 8.60. The Morgan fingerprint density at radius 3 is 2.62 bits per heavy atom. The molecule has 0 saturated carbocycles. The number of nitrogens with zero attached hydrogens (tertiary/aromatic N) is 8. The number of rotatable bonds is 8. The van der Waals surface area contributed by atoms with Gasteiger partial charge >= 0.3 is 6.18 Å². The standard InChI is InChI=1S/C34H32F3N9O/c1-21-5-3-10-45(17-21)18-23-12-27-28(29(13-23)34(35,36)37)19-46(33(27)47)31-15-24(14-30(42-31)40-9-4-8-38)25-7-6-22(16-39)11-26(25)32-43-41-20-44(32)2/h6-7,11-15,20-21H,3-5,9-10,17-19H2,1-2H3,(H,40,42)/t21-/m0/s1. The van der Waals surface area contributed by atoms with E-state index in [1.807, 2.05) is 0 Å². The monoisotopic (exact) mass is 639 g/mol. The number of fused-ring (bicyclic) bond motifs is 1. The number of alkyl halides is 3. The molecule has 0 spiro atoms. The predicted molar refractivity (Wildman–Crippen MR) is 169 cm³/mol. The highest BCUT2D eigenvalue weighted by atomic mass is 19.4. The van der Waals surface area contributed by atoms with Crippen LogP contribution in [-0.2, 0) is 26.3 Å². The molecule has 2 aliphatic rings. The molecule has 1 atom stereocenters. The molecule has 13 heteroatoms. The first-order chi connectivity index (χ1) is 22.5. The zero-order chi connectivity index (χ0) is 33.3. The lowest BCUT2D eigenvalue weighted by Crippen LogP contribution is -2.33. The van der Waals surface area contributed by atoms with Gasteiger partial charge in [0.25, 0.3) is 5.91 Å². The smallest absolute Gasteiger partial charge is 0.369 e. The van der Waals surface area contributed by atoms with Crippen molar-refractivity contribution >= 4 is 17.5 Å². The second-order valence-electron chi connectivity index (χ2n) is 12.1. The number of benzene rings is 2. The van der Waals surface area contributed by atoms with Crippen LogP contribution in [-0.4, -0.2) is 50.2 Å². The molecule has 2 aromatic heterocycles. The molecule has 2 aliphatic heterocycles. The van der Waals surface area contributed by atoms with Gasteiger partial charge in [-0.15, -0.1) is 10.2 Å². The van der Waals surface area contributed by atoms with Gasteiger partial charge in [-0.3, -0.25) is 14.6 Å². The van der Waals surface area contributed by atoms with Crippen molar-refractivity contribution in [2.45, 2.75) is 45.5 Å². The van der Waals surface area contributed by atoms with Crippen LogP contribution >= 0.6 is 0 Å². The Morgan fingerprint density at radius 1 is 1.09 bits per heavy atom. The fourth-order valence-electron chi connectivity index (χ4n) is 6.41. The van der Waals surface area contributed by atoms with Crippen LogP contribution < -0.4 is 10.2 Å². The van der Waals surface area contributed by atoms with Crippen LogP contribution in [0.5, 0.6) is 0 Å². The first-order valence-corrected chi connectivity index (χ1v) is 15.3. The fraction of sp³-hybridized carbons (Fsp3) is 0.353. The number of likely N-dealkylation sites (tertiary alicyclic amines) is 1. The van der Waals surface area contributed by atoms with Gasteiger partial charge in [-0.05, 0) is 84.0 Å². The van der Waals surface area contributed by atoms with Crippen LogP contribution in [0.25, 0.3) is 22.5 Å². The van der Waals surface area contributed by atoms with Crippen LogP contribution in [0.15, 0.2) is 48.8 Å². The number of aryl methyl sites for hydroxylation is 1. The molecule has 0 bridgehead atoms. The van der Waals surface area contributed by atoms with Gasteiger partial charge in [0.15, 0.2) is 5.82 Å². The molecule has 0 aliphatic carbocycles. The number of piperidine rings is 1. The first kappa shape index (κ1) is 31.7. The summed E-state index contributed by atoms with van der Waals surface area (Å²) in [6.45, 7) is 4.02. The summed E-state index contributed by atoms with van der Waals surface area (Å²) in [7, 11) is 1.77. The SMILES string of the molecule is C[C@H]1CCCN(Cc2cc3c(c(C(F)(F)F)c2)CN(c2cc(-c4ccc(C#N)cc4-c4nncn4C)cc(NCCC#N)n2)C3=O)C1. The minimum Gasteiger partial charge on any atom is -0.369 e. The Balaban J connectivity index is 1.43. The number of hydrogen-bond donors (Lipinski definition) is 1. The van der Waals surface area contributed by atoms with Gasteiger partial charge in [-0.1, -0.05) is 13.0 Å². The second-order valence-corrected chi connectivity index (χ2v) is 12.1. The zero-order valence-corrected chi connectivity index (χ0v) is 26.0. The largest absolute Gasteiger partial charge is 0.416 e. The van der Waals surface area contributed by atoms with Gasteiger partial charge in [0.1, 0.15) is 18.0 Å². The van der Waals surface area contributed by atoms with Crippen molar-refractivity contribution in [3.8, 4) is 34.7 Å². The number of anilines is 2. The minimum absolute atomic E-state index is 0.0178. The van der Waals surface area contributed by atoms with Crippen molar-refractivity contribution in [1.82, 2.24) is 24.6 Å². The maximum absolute atomic E-state index is 14.5. The highest BCUT2D eigenvalue weighted by Crippen LogP contribution is 2.41. The molecule has 6 rings (SSSR count). The summed E-state index contributed by atoms with van der Waals surface area (Å²) < 4.78 is 45.2. The summed E-state index contributed by atoms with van der Waals surface area (Å²) in [5, 5.41) is 30.0. The number of halogens is 3. The van der Waals surface area contributed by atoms with Crippen LogP contribution in [0.2, 0.25) is 0 Å². The maximum Gasteiger partial charge on any atom is 0.416 e. The maximum atomic E-state index is 14.5. The number of nitriles is 2. The van der Waals surface area contributed by atoms with Crippen molar-refractivity contribution in [1.29, 1.82) is 10.5 Å².